The van der Waals surface area contributed by atoms with Gasteiger partial charge in [0, 0.05) is 5.56 Å². The molecule has 0 heterocycles. The topological polar surface area (TPSA) is 21.3 Å². The van der Waals surface area contributed by atoms with E-state index in [9.17, 15) is 4.39 Å². The lowest BCUT2D eigenvalue weighted by atomic mass is 10.1. The monoisotopic (exact) mass is 299 g/mol. The van der Waals surface area contributed by atoms with E-state index in [1.165, 1.54) is 6.07 Å². The molecule has 0 aliphatic rings. The van der Waals surface area contributed by atoms with E-state index in [1.807, 2.05) is 42.5 Å². The molecule has 0 saturated carbocycles. The van der Waals surface area contributed by atoms with Crippen molar-refractivity contribution < 1.29 is 9.23 Å². The fourth-order valence-corrected chi connectivity index (χ4v) is 2.04. The zero-order chi connectivity index (χ0) is 15.8. The first-order chi connectivity index (χ1) is 10.7. The zero-order valence-electron chi connectivity index (χ0n) is 13.1. The average Bonchev–Trinajstić information content (AvgIpc) is 2.54. The highest BCUT2D eigenvalue weighted by molar-refractivity contribution is 5.63. The summed E-state index contributed by atoms with van der Waals surface area (Å²) in [5.74, 6) is -0.204. The number of aryl methyl sites for hydroxylation is 1. The number of halogens is 1. The molecule has 116 valence electrons. The molecule has 0 unspecified atom stereocenters. The van der Waals surface area contributed by atoms with Crippen LogP contribution >= 0.6 is 0 Å². The normalized spacial score (nSPS) is 11.5. The van der Waals surface area contributed by atoms with Gasteiger partial charge in [0.25, 0.3) is 0 Å². The Bertz CT molecular complexity index is 623. The highest BCUT2D eigenvalue weighted by Gasteiger charge is 2.05. The lowest BCUT2D eigenvalue weighted by Crippen LogP contribution is -2.13. The molecule has 2 aromatic carbocycles. The van der Waals surface area contributed by atoms with Crippen LogP contribution in [0.4, 0.5) is 4.39 Å². The fraction of sp³-hybridized carbons (Fsp3) is 0.263. The van der Waals surface area contributed by atoms with Gasteiger partial charge in [0.1, 0.15) is 5.82 Å². The van der Waals surface area contributed by atoms with Crippen LogP contribution in [0.5, 0.6) is 0 Å². The second-order valence-corrected chi connectivity index (χ2v) is 5.25. The van der Waals surface area contributed by atoms with Crippen molar-refractivity contribution in [1.82, 2.24) is 5.48 Å². The molecule has 0 spiro atoms. The van der Waals surface area contributed by atoms with Crippen LogP contribution in [0.25, 0.3) is 5.70 Å². The second kappa shape index (κ2) is 8.35. The number of nitrogens with one attached hydrogen (secondary N) is 1. The molecular weight excluding hydrogens is 277 g/mol. The Morgan fingerprint density at radius 3 is 2.64 bits per heavy atom. The molecule has 1 N–H and O–H groups in total. The van der Waals surface area contributed by atoms with Gasteiger partial charge < -0.3 is 0 Å². The SMILES string of the molecule is CCCC=C(NOCc1ccccc1)c1ccc(C)c(F)c1. The Hall–Kier alpha value is -2.13. The summed E-state index contributed by atoms with van der Waals surface area (Å²) >= 11 is 0. The molecule has 0 saturated heterocycles. The van der Waals surface area contributed by atoms with Crippen LogP contribution in [0, 0.1) is 12.7 Å². The van der Waals surface area contributed by atoms with Gasteiger partial charge in [-0.1, -0.05) is 61.9 Å². The van der Waals surface area contributed by atoms with E-state index >= 15 is 0 Å². The number of hydrogen-bond donors (Lipinski definition) is 1. The number of rotatable bonds is 7. The minimum Gasteiger partial charge on any atom is -0.271 e. The third kappa shape index (κ3) is 4.71. The predicted octanol–water partition coefficient (Wildman–Crippen LogP) is 5.00. The molecule has 2 rings (SSSR count). The summed E-state index contributed by atoms with van der Waals surface area (Å²) in [6.45, 7) is 4.32. The van der Waals surface area contributed by atoms with Gasteiger partial charge in [0.05, 0.1) is 12.3 Å². The van der Waals surface area contributed by atoms with E-state index in [1.54, 1.807) is 13.0 Å². The molecule has 0 atom stereocenters. The van der Waals surface area contributed by atoms with Crippen molar-refractivity contribution in [1.29, 1.82) is 0 Å². The van der Waals surface area contributed by atoms with E-state index in [4.69, 9.17) is 4.84 Å². The van der Waals surface area contributed by atoms with Crippen molar-refractivity contribution in [3.63, 3.8) is 0 Å². The van der Waals surface area contributed by atoms with Crippen LogP contribution < -0.4 is 5.48 Å². The average molecular weight is 299 g/mol. The first-order valence-electron chi connectivity index (χ1n) is 7.59. The van der Waals surface area contributed by atoms with E-state index in [0.717, 1.165) is 29.7 Å². The number of hydrogen-bond acceptors (Lipinski definition) is 2. The van der Waals surface area contributed by atoms with Crippen LogP contribution in [0.2, 0.25) is 0 Å². The van der Waals surface area contributed by atoms with Crippen LogP contribution in [-0.2, 0) is 11.4 Å². The molecule has 0 radical (unpaired) electrons. The second-order valence-electron chi connectivity index (χ2n) is 5.25. The summed E-state index contributed by atoms with van der Waals surface area (Å²) < 4.78 is 13.8. The quantitative estimate of drug-likeness (QED) is 0.727. The third-order valence-corrected chi connectivity index (χ3v) is 3.38. The maximum Gasteiger partial charge on any atom is 0.126 e. The lowest BCUT2D eigenvalue weighted by Gasteiger charge is -2.12. The van der Waals surface area contributed by atoms with E-state index < -0.39 is 0 Å². The van der Waals surface area contributed by atoms with Gasteiger partial charge in [0.2, 0.25) is 0 Å². The fourth-order valence-electron chi connectivity index (χ4n) is 2.04. The van der Waals surface area contributed by atoms with Crippen LogP contribution in [0.1, 0.15) is 36.5 Å². The van der Waals surface area contributed by atoms with E-state index in [0.29, 0.717) is 12.2 Å². The van der Waals surface area contributed by atoms with Gasteiger partial charge in [-0.3, -0.25) is 10.3 Å². The summed E-state index contributed by atoms with van der Waals surface area (Å²) in [5.41, 5.74) is 6.28. The summed E-state index contributed by atoms with van der Waals surface area (Å²) in [4.78, 5) is 5.56. The van der Waals surface area contributed by atoms with Crippen molar-refractivity contribution >= 4 is 5.70 Å². The van der Waals surface area contributed by atoms with Crippen molar-refractivity contribution in [3.05, 3.63) is 77.1 Å². The van der Waals surface area contributed by atoms with Gasteiger partial charge in [-0.05, 0) is 30.5 Å². The first-order valence-corrected chi connectivity index (χ1v) is 7.59. The molecule has 0 aromatic heterocycles. The van der Waals surface area contributed by atoms with E-state index in [2.05, 4.69) is 12.4 Å². The summed E-state index contributed by atoms with van der Waals surface area (Å²) in [7, 11) is 0. The summed E-state index contributed by atoms with van der Waals surface area (Å²) in [6, 6.07) is 15.1. The van der Waals surface area contributed by atoms with Crippen molar-refractivity contribution in [2.75, 3.05) is 0 Å². The van der Waals surface area contributed by atoms with Crippen LogP contribution in [-0.4, -0.2) is 0 Å². The number of benzene rings is 2. The van der Waals surface area contributed by atoms with E-state index in [-0.39, 0.29) is 5.82 Å². The molecule has 0 amide bonds. The van der Waals surface area contributed by atoms with Crippen molar-refractivity contribution in [2.24, 2.45) is 0 Å². The van der Waals surface area contributed by atoms with Gasteiger partial charge >= 0.3 is 0 Å². The summed E-state index contributed by atoms with van der Waals surface area (Å²) in [5, 5.41) is 0. The summed E-state index contributed by atoms with van der Waals surface area (Å²) in [6.07, 6.45) is 3.97. The number of unbranched alkanes of at least 4 members (excludes halogenated alkanes) is 1. The molecule has 0 aliphatic carbocycles. The Labute approximate surface area is 131 Å². The minimum atomic E-state index is -0.204. The Kier molecular flexibility index (Phi) is 6.16. The molecule has 0 bridgehead atoms. The van der Waals surface area contributed by atoms with Gasteiger partial charge in [0.15, 0.2) is 0 Å². The highest BCUT2D eigenvalue weighted by Crippen LogP contribution is 2.17. The highest BCUT2D eigenvalue weighted by atomic mass is 19.1. The molecule has 0 fully saturated rings. The zero-order valence-corrected chi connectivity index (χ0v) is 13.1. The maximum atomic E-state index is 13.8. The molecular formula is C19H22FNO. The largest absolute Gasteiger partial charge is 0.271 e. The van der Waals surface area contributed by atoms with Crippen molar-refractivity contribution in [3.8, 4) is 0 Å². The number of allylic oxidation sites excluding steroid dienone is 1. The van der Waals surface area contributed by atoms with Crippen molar-refractivity contribution in [2.45, 2.75) is 33.3 Å². The van der Waals surface area contributed by atoms with Gasteiger partial charge in [-0.2, -0.15) is 0 Å². The molecule has 2 nitrogen and oxygen atoms in total. The molecule has 0 aliphatic heterocycles. The minimum absolute atomic E-state index is 0.204. The maximum absolute atomic E-state index is 13.8. The molecule has 2 aromatic rings. The third-order valence-electron chi connectivity index (χ3n) is 3.38. The van der Waals surface area contributed by atoms with Gasteiger partial charge in [-0.15, -0.1) is 0 Å². The van der Waals surface area contributed by atoms with Crippen LogP contribution in [0.3, 0.4) is 0 Å². The van der Waals surface area contributed by atoms with Crippen LogP contribution in [0.15, 0.2) is 54.6 Å². The Morgan fingerprint density at radius 1 is 1.18 bits per heavy atom. The smallest absolute Gasteiger partial charge is 0.126 e. The number of hydroxylamine groups is 1. The standard InChI is InChI=1S/C19H22FNO/c1-3-4-10-19(17-12-11-15(2)18(20)13-17)21-22-14-16-8-6-5-7-9-16/h5-13,21H,3-4,14H2,1-2H3. The molecule has 3 heteroatoms. The van der Waals surface area contributed by atoms with Gasteiger partial charge in [-0.25, -0.2) is 4.39 Å². The Morgan fingerprint density at radius 2 is 1.95 bits per heavy atom. The predicted molar refractivity (Wildman–Crippen MR) is 88.4 cm³/mol. The molecule has 22 heavy (non-hydrogen) atoms. The lowest BCUT2D eigenvalue weighted by molar-refractivity contribution is 0.0644. The Balaban J connectivity index is 2.04. The first kappa shape index (κ1) is 16.2.